The summed E-state index contributed by atoms with van der Waals surface area (Å²) in [5, 5.41) is 11.9. The van der Waals surface area contributed by atoms with E-state index in [1.807, 2.05) is 13.8 Å². The number of hydrogen-bond donors (Lipinski definition) is 2. The Labute approximate surface area is 140 Å². The minimum Gasteiger partial charge on any atom is -0.478 e. The smallest absolute Gasteiger partial charge is 0.335 e. The number of fused-ring (bicyclic) bond motifs is 1. The highest BCUT2D eigenvalue weighted by molar-refractivity contribution is 6.06. The Morgan fingerprint density at radius 3 is 2.58 bits per heavy atom. The van der Waals surface area contributed by atoms with Crippen molar-refractivity contribution in [2.45, 2.75) is 33.3 Å². The fourth-order valence-electron chi connectivity index (χ4n) is 2.38. The van der Waals surface area contributed by atoms with Gasteiger partial charge in [-0.25, -0.2) is 4.79 Å². The summed E-state index contributed by atoms with van der Waals surface area (Å²) in [7, 11) is 0. The zero-order valence-electron chi connectivity index (χ0n) is 14.3. The molecule has 1 heterocycles. The summed E-state index contributed by atoms with van der Waals surface area (Å²) in [6, 6.07) is 4.24. The van der Waals surface area contributed by atoms with Crippen LogP contribution in [0.1, 0.15) is 38.1 Å². The number of carbonyl (C=O) groups is 3. The topological polar surface area (TPSA) is 95.9 Å². The molecule has 1 aromatic carbocycles. The molecule has 130 valence electrons. The van der Waals surface area contributed by atoms with E-state index < -0.39 is 11.6 Å². The van der Waals surface area contributed by atoms with E-state index in [-0.39, 0.29) is 29.7 Å². The van der Waals surface area contributed by atoms with Crippen LogP contribution < -0.4 is 15.0 Å². The third kappa shape index (κ3) is 3.67. The predicted molar refractivity (Wildman–Crippen MR) is 88.3 cm³/mol. The Morgan fingerprint density at radius 1 is 1.33 bits per heavy atom. The Kier molecular flexibility index (Phi) is 4.82. The maximum absolute atomic E-state index is 12.6. The first-order valence-corrected chi connectivity index (χ1v) is 7.77. The molecule has 7 nitrogen and oxygen atoms in total. The van der Waals surface area contributed by atoms with Gasteiger partial charge in [0.2, 0.25) is 5.91 Å². The van der Waals surface area contributed by atoms with Crippen LogP contribution in [0.25, 0.3) is 0 Å². The summed E-state index contributed by atoms with van der Waals surface area (Å²) in [4.78, 5) is 37.2. The van der Waals surface area contributed by atoms with Gasteiger partial charge in [-0.1, -0.05) is 13.8 Å². The summed E-state index contributed by atoms with van der Waals surface area (Å²) in [5.41, 5.74) is -0.727. The molecule has 0 aromatic heterocycles. The highest BCUT2D eigenvalue weighted by atomic mass is 16.5. The molecule has 1 aliphatic rings. The minimum atomic E-state index is -1.18. The molecule has 0 bridgehead atoms. The summed E-state index contributed by atoms with van der Waals surface area (Å²) in [5.74, 6) is -1.13. The van der Waals surface area contributed by atoms with Gasteiger partial charge in [0.1, 0.15) is 12.3 Å². The number of carbonyl (C=O) groups excluding carboxylic acids is 2. The summed E-state index contributed by atoms with van der Waals surface area (Å²) in [6.45, 7) is 7.51. The Hall–Kier alpha value is -2.57. The van der Waals surface area contributed by atoms with E-state index in [1.54, 1.807) is 13.8 Å². The van der Waals surface area contributed by atoms with Crippen molar-refractivity contribution in [3.63, 3.8) is 0 Å². The summed E-state index contributed by atoms with van der Waals surface area (Å²) >= 11 is 0. The highest BCUT2D eigenvalue weighted by Crippen LogP contribution is 2.38. The quantitative estimate of drug-likeness (QED) is 0.854. The zero-order valence-corrected chi connectivity index (χ0v) is 14.3. The maximum Gasteiger partial charge on any atom is 0.335 e. The molecular formula is C17H22N2O5. The lowest BCUT2D eigenvalue weighted by atomic mass is 10.0. The molecule has 1 aromatic rings. The lowest BCUT2D eigenvalue weighted by Crippen LogP contribution is -2.55. The zero-order chi connectivity index (χ0) is 18.1. The largest absolute Gasteiger partial charge is 0.478 e. The molecule has 0 unspecified atom stereocenters. The van der Waals surface area contributed by atoms with Crippen molar-refractivity contribution in [2.75, 3.05) is 18.0 Å². The Morgan fingerprint density at radius 2 is 2.00 bits per heavy atom. The van der Waals surface area contributed by atoms with Crippen LogP contribution in [-0.2, 0) is 9.59 Å². The van der Waals surface area contributed by atoms with Crippen LogP contribution in [0.5, 0.6) is 5.75 Å². The number of rotatable bonds is 5. The summed E-state index contributed by atoms with van der Waals surface area (Å²) in [6.07, 6.45) is 0. The predicted octanol–water partition coefficient (Wildman–Crippen LogP) is 1.66. The second-order valence-electron chi connectivity index (χ2n) is 6.69. The van der Waals surface area contributed by atoms with E-state index in [0.29, 0.717) is 18.2 Å². The molecule has 7 heteroatoms. The van der Waals surface area contributed by atoms with Crippen LogP contribution in [0.3, 0.4) is 0 Å². The van der Waals surface area contributed by atoms with Crippen molar-refractivity contribution < 1.29 is 24.2 Å². The van der Waals surface area contributed by atoms with Crippen LogP contribution in [-0.4, -0.2) is 41.6 Å². The van der Waals surface area contributed by atoms with Crippen molar-refractivity contribution in [3.8, 4) is 5.75 Å². The molecule has 0 aliphatic carbocycles. The minimum absolute atomic E-state index is 0.0584. The van der Waals surface area contributed by atoms with E-state index >= 15 is 0 Å². The molecular weight excluding hydrogens is 312 g/mol. The lowest BCUT2D eigenvalue weighted by molar-refractivity contribution is -0.134. The van der Waals surface area contributed by atoms with E-state index in [2.05, 4.69) is 5.32 Å². The third-order valence-corrected chi connectivity index (χ3v) is 3.63. The van der Waals surface area contributed by atoms with Gasteiger partial charge in [0.05, 0.1) is 11.3 Å². The first-order valence-electron chi connectivity index (χ1n) is 7.77. The maximum atomic E-state index is 12.6. The number of nitrogens with zero attached hydrogens (tertiary/aromatic N) is 1. The third-order valence-electron chi connectivity index (χ3n) is 3.63. The van der Waals surface area contributed by atoms with Crippen LogP contribution in [0, 0.1) is 5.92 Å². The first kappa shape index (κ1) is 17.8. The van der Waals surface area contributed by atoms with E-state index in [9.17, 15) is 14.4 Å². The van der Waals surface area contributed by atoms with Gasteiger partial charge < -0.3 is 15.2 Å². The fraction of sp³-hybridized carbons (Fsp3) is 0.471. The van der Waals surface area contributed by atoms with Gasteiger partial charge in [0.25, 0.3) is 5.91 Å². The monoisotopic (exact) mass is 334 g/mol. The van der Waals surface area contributed by atoms with Gasteiger partial charge in [-0.2, -0.15) is 0 Å². The molecule has 2 N–H and O–H groups in total. The molecule has 0 atom stereocenters. The van der Waals surface area contributed by atoms with Gasteiger partial charge in [-0.15, -0.1) is 0 Å². The van der Waals surface area contributed by atoms with Gasteiger partial charge in [-0.05, 0) is 38.0 Å². The van der Waals surface area contributed by atoms with Crippen molar-refractivity contribution >= 4 is 23.5 Å². The fourth-order valence-corrected chi connectivity index (χ4v) is 2.38. The van der Waals surface area contributed by atoms with E-state index in [0.717, 1.165) is 0 Å². The number of carboxylic acid groups (broad SMARTS) is 1. The second kappa shape index (κ2) is 6.51. The van der Waals surface area contributed by atoms with Crippen LogP contribution in [0.15, 0.2) is 18.2 Å². The number of benzene rings is 1. The van der Waals surface area contributed by atoms with Crippen LogP contribution >= 0.6 is 0 Å². The normalized spacial score (nSPS) is 15.7. The van der Waals surface area contributed by atoms with Crippen molar-refractivity contribution in [2.24, 2.45) is 5.92 Å². The molecule has 24 heavy (non-hydrogen) atoms. The number of nitrogens with one attached hydrogen (secondary N) is 1. The average Bonchev–Trinajstić information content (AvgIpc) is 2.48. The first-order chi connectivity index (χ1) is 11.1. The van der Waals surface area contributed by atoms with Gasteiger partial charge >= 0.3 is 5.97 Å². The average molecular weight is 334 g/mol. The van der Waals surface area contributed by atoms with E-state index in [1.165, 1.54) is 23.1 Å². The number of anilines is 1. The van der Waals surface area contributed by atoms with Crippen LogP contribution in [0.2, 0.25) is 0 Å². The number of hydrogen-bond acceptors (Lipinski definition) is 4. The number of amides is 2. The Bertz CT molecular complexity index is 682. The van der Waals surface area contributed by atoms with Gasteiger partial charge in [0.15, 0.2) is 5.60 Å². The van der Waals surface area contributed by atoms with Gasteiger partial charge in [-0.3, -0.25) is 14.5 Å². The van der Waals surface area contributed by atoms with Crippen molar-refractivity contribution in [1.82, 2.24) is 5.32 Å². The molecule has 2 rings (SSSR count). The molecule has 0 saturated carbocycles. The second-order valence-corrected chi connectivity index (χ2v) is 6.69. The molecule has 0 radical (unpaired) electrons. The molecule has 2 amide bonds. The standard InChI is InChI=1S/C17H22N2O5/c1-10(2)8-18-14(20)9-19-12-6-5-11(15(21)22)7-13(12)24-17(3,4)16(19)23/h5-7,10H,8-9H2,1-4H3,(H,18,20)(H,21,22). The Balaban J connectivity index is 2.32. The summed E-state index contributed by atoms with van der Waals surface area (Å²) < 4.78 is 5.65. The lowest BCUT2D eigenvalue weighted by Gasteiger charge is -2.38. The molecule has 0 fully saturated rings. The van der Waals surface area contributed by atoms with Gasteiger partial charge in [0, 0.05) is 6.54 Å². The van der Waals surface area contributed by atoms with Crippen LogP contribution in [0.4, 0.5) is 5.69 Å². The number of ether oxygens (including phenoxy) is 1. The van der Waals surface area contributed by atoms with Crippen molar-refractivity contribution in [1.29, 1.82) is 0 Å². The molecule has 0 spiro atoms. The van der Waals surface area contributed by atoms with E-state index in [4.69, 9.17) is 9.84 Å². The molecule has 1 aliphatic heterocycles. The van der Waals surface area contributed by atoms with Crippen molar-refractivity contribution in [3.05, 3.63) is 23.8 Å². The number of aromatic carboxylic acids is 1. The molecule has 0 saturated heterocycles. The SMILES string of the molecule is CC(C)CNC(=O)CN1C(=O)C(C)(C)Oc2cc(C(=O)O)ccc21. The number of carboxylic acids is 1. The highest BCUT2D eigenvalue weighted by Gasteiger charge is 2.41.